The second kappa shape index (κ2) is 5.84. The Morgan fingerprint density at radius 1 is 1.10 bits per heavy atom. The van der Waals surface area contributed by atoms with E-state index in [2.05, 4.69) is 5.32 Å². The fraction of sp³-hybridized carbons (Fsp3) is 0.250. The Kier molecular flexibility index (Phi) is 3.74. The third-order valence-electron chi connectivity index (χ3n) is 3.23. The first-order valence-corrected chi connectivity index (χ1v) is 6.69. The highest BCUT2D eigenvalue weighted by atomic mass is 16.5. The summed E-state index contributed by atoms with van der Waals surface area (Å²) in [6, 6.07) is 11.6. The molecule has 0 unspecified atom stereocenters. The number of furan rings is 2. The van der Waals surface area contributed by atoms with Gasteiger partial charge in [-0.2, -0.15) is 0 Å². The summed E-state index contributed by atoms with van der Waals surface area (Å²) in [6.07, 6.45) is 4.03. The molecule has 0 aliphatic heterocycles. The van der Waals surface area contributed by atoms with Gasteiger partial charge in [0.05, 0.1) is 12.5 Å². The lowest BCUT2D eigenvalue weighted by Gasteiger charge is -2.17. The molecule has 0 saturated carbocycles. The van der Waals surface area contributed by atoms with Crippen molar-refractivity contribution in [1.82, 2.24) is 5.32 Å². The highest BCUT2D eigenvalue weighted by Crippen LogP contribution is 2.31. The molecule has 1 N–H and O–H groups in total. The summed E-state index contributed by atoms with van der Waals surface area (Å²) in [7, 11) is 1.92. The second-order valence-electron chi connectivity index (χ2n) is 4.61. The van der Waals surface area contributed by atoms with E-state index in [4.69, 9.17) is 13.6 Å². The Labute approximate surface area is 117 Å². The van der Waals surface area contributed by atoms with E-state index in [1.807, 2.05) is 43.4 Å². The summed E-state index contributed by atoms with van der Waals surface area (Å²) < 4.78 is 17.1. The van der Waals surface area contributed by atoms with Crippen LogP contribution in [-0.2, 0) is 0 Å². The fourth-order valence-corrected chi connectivity index (χ4v) is 2.22. The van der Waals surface area contributed by atoms with E-state index in [1.165, 1.54) is 0 Å². The van der Waals surface area contributed by atoms with E-state index < -0.39 is 0 Å². The van der Waals surface area contributed by atoms with E-state index in [9.17, 15) is 0 Å². The lowest BCUT2D eigenvalue weighted by molar-refractivity contribution is 0.167. The third kappa shape index (κ3) is 2.56. The van der Waals surface area contributed by atoms with Crippen molar-refractivity contribution in [3.8, 4) is 5.75 Å². The smallest absolute Gasteiger partial charge is 0.175 e. The topological polar surface area (TPSA) is 47.5 Å². The maximum Gasteiger partial charge on any atom is 0.175 e. The van der Waals surface area contributed by atoms with Crippen LogP contribution in [0.1, 0.15) is 18.3 Å². The molecule has 4 nitrogen and oxygen atoms in total. The second-order valence-corrected chi connectivity index (χ2v) is 4.61. The number of benzene rings is 1. The molecule has 0 spiro atoms. The molecule has 3 rings (SSSR count). The van der Waals surface area contributed by atoms with Gasteiger partial charge in [0.1, 0.15) is 5.76 Å². The maximum atomic E-state index is 6.11. The van der Waals surface area contributed by atoms with Crippen molar-refractivity contribution in [3.05, 3.63) is 54.7 Å². The first kappa shape index (κ1) is 12.8. The van der Waals surface area contributed by atoms with Crippen molar-refractivity contribution >= 4 is 11.0 Å². The number of fused-ring (bicyclic) bond motifs is 1. The zero-order valence-electron chi connectivity index (χ0n) is 11.3. The number of rotatable bonds is 6. The summed E-state index contributed by atoms with van der Waals surface area (Å²) >= 11 is 0. The molecule has 1 atom stereocenters. The zero-order chi connectivity index (χ0) is 13.8. The van der Waals surface area contributed by atoms with Crippen LogP contribution in [0.15, 0.2) is 57.8 Å². The highest BCUT2D eigenvalue weighted by molar-refractivity contribution is 5.82. The monoisotopic (exact) mass is 271 g/mol. The van der Waals surface area contributed by atoms with Gasteiger partial charge in [0.15, 0.2) is 17.4 Å². The Morgan fingerprint density at radius 3 is 2.85 bits per heavy atom. The van der Waals surface area contributed by atoms with Crippen molar-refractivity contribution < 1.29 is 13.6 Å². The minimum absolute atomic E-state index is 0.131. The van der Waals surface area contributed by atoms with Crippen LogP contribution >= 0.6 is 0 Å². The van der Waals surface area contributed by atoms with Crippen LogP contribution in [0.3, 0.4) is 0 Å². The number of para-hydroxylation sites is 1. The van der Waals surface area contributed by atoms with E-state index in [0.717, 1.165) is 35.4 Å². The molecular weight excluding hydrogens is 254 g/mol. The Morgan fingerprint density at radius 2 is 2.05 bits per heavy atom. The van der Waals surface area contributed by atoms with Gasteiger partial charge in [0.25, 0.3) is 0 Å². The molecule has 104 valence electrons. The quantitative estimate of drug-likeness (QED) is 0.741. The van der Waals surface area contributed by atoms with E-state index in [0.29, 0.717) is 0 Å². The number of nitrogens with one attached hydrogen (secondary N) is 1. The number of ether oxygens (including phenoxy) is 1. The zero-order valence-corrected chi connectivity index (χ0v) is 11.3. The molecule has 0 saturated heterocycles. The van der Waals surface area contributed by atoms with E-state index >= 15 is 0 Å². The van der Waals surface area contributed by atoms with Crippen LogP contribution in [0.4, 0.5) is 0 Å². The molecular formula is C16H17NO3. The summed E-state index contributed by atoms with van der Waals surface area (Å²) in [5.41, 5.74) is 0.772. The van der Waals surface area contributed by atoms with Gasteiger partial charge in [-0.3, -0.25) is 0 Å². The van der Waals surface area contributed by atoms with Crippen molar-refractivity contribution in [3.63, 3.8) is 0 Å². The molecule has 4 heteroatoms. The SMILES string of the molecule is CNCC[C@H](Oc1cccc2ccoc12)c1ccco1. The van der Waals surface area contributed by atoms with Gasteiger partial charge in [-0.05, 0) is 37.9 Å². The summed E-state index contributed by atoms with van der Waals surface area (Å²) in [6.45, 7) is 0.847. The summed E-state index contributed by atoms with van der Waals surface area (Å²) in [5, 5.41) is 4.17. The van der Waals surface area contributed by atoms with Crippen LogP contribution in [-0.4, -0.2) is 13.6 Å². The van der Waals surface area contributed by atoms with Gasteiger partial charge in [-0.25, -0.2) is 0 Å². The Hall–Kier alpha value is -2.20. The predicted molar refractivity (Wildman–Crippen MR) is 76.8 cm³/mol. The molecule has 2 aromatic heterocycles. The minimum atomic E-state index is -0.131. The fourth-order valence-electron chi connectivity index (χ4n) is 2.22. The average Bonchev–Trinajstić information content (AvgIpc) is 3.14. The van der Waals surface area contributed by atoms with Gasteiger partial charge in [-0.1, -0.05) is 12.1 Å². The lowest BCUT2D eigenvalue weighted by atomic mass is 10.2. The minimum Gasteiger partial charge on any atom is -0.478 e. The molecule has 3 aromatic rings. The van der Waals surface area contributed by atoms with Crippen LogP contribution in [0.2, 0.25) is 0 Å². The first-order valence-electron chi connectivity index (χ1n) is 6.69. The summed E-state index contributed by atoms with van der Waals surface area (Å²) in [5.74, 6) is 1.56. The van der Waals surface area contributed by atoms with Crippen LogP contribution in [0, 0.1) is 0 Å². The van der Waals surface area contributed by atoms with Crippen molar-refractivity contribution in [1.29, 1.82) is 0 Å². The van der Waals surface area contributed by atoms with Crippen molar-refractivity contribution in [2.24, 2.45) is 0 Å². The maximum absolute atomic E-state index is 6.11. The molecule has 20 heavy (non-hydrogen) atoms. The van der Waals surface area contributed by atoms with Gasteiger partial charge in [-0.15, -0.1) is 0 Å². The normalized spacial score (nSPS) is 12.7. The molecule has 0 aliphatic rings. The molecule has 0 bridgehead atoms. The van der Waals surface area contributed by atoms with Gasteiger partial charge in [0.2, 0.25) is 0 Å². The van der Waals surface area contributed by atoms with Crippen LogP contribution in [0.25, 0.3) is 11.0 Å². The largest absolute Gasteiger partial charge is 0.478 e. The Balaban J connectivity index is 1.87. The molecule has 0 radical (unpaired) electrons. The molecule has 1 aromatic carbocycles. The van der Waals surface area contributed by atoms with Gasteiger partial charge >= 0.3 is 0 Å². The standard InChI is InChI=1S/C16H17NO3/c1-17-9-7-14(13-6-3-10-18-13)20-15-5-2-4-12-8-11-19-16(12)15/h2-6,8,10-11,14,17H,7,9H2,1H3/t14-/m0/s1. The average molecular weight is 271 g/mol. The van der Waals surface area contributed by atoms with Gasteiger partial charge < -0.3 is 18.9 Å². The highest BCUT2D eigenvalue weighted by Gasteiger charge is 2.18. The Bertz CT molecular complexity index is 657. The predicted octanol–water partition coefficient (Wildman–Crippen LogP) is 3.76. The third-order valence-corrected chi connectivity index (χ3v) is 3.23. The molecule has 2 heterocycles. The van der Waals surface area contributed by atoms with Crippen molar-refractivity contribution in [2.45, 2.75) is 12.5 Å². The lowest BCUT2D eigenvalue weighted by Crippen LogP contribution is -2.15. The van der Waals surface area contributed by atoms with Gasteiger partial charge in [0, 0.05) is 11.8 Å². The van der Waals surface area contributed by atoms with E-state index in [-0.39, 0.29) is 6.10 Å². The van der Waals surface area contributed by atoms with E-state index in [1.54, 1.807) is 12.5 Å². The van der Waals surface area contributed by atoms with Crippen LogP contribution in [0.5, 0.6) is 5.75 Å². The number of hydrogen-bond donors (Lipinski definition) is 1. The molecule has 0 fully saturated rings. The van der Waals surface area contributed by atoms with Crippen LogP contribution < -0.4 is 10.1 Å². The first-order chi connectivity index (χ1) is 9.88. The molecule has 0 amide bonds. The number of hydrogen-bond acceptors (Lipinski definition) is 4. The molecule has 0 aliphatic carbocycles. The summed E-state index contributed by atoms with van der Waals surface area (Å²) in [4.78, 5) is 0. The van der Waals surface area contributed by atoms with Crippen molar-refractivity contribution in [2.75, 3.05) is 13.6 Å².